The number of carbonyl (C=O) groups excluding carboxylic acids is 2. The molecule has 2 amide bonds. The maximum absolute atomic E-state index is 14.9. The Morgan fingerprint density at radius 2 is 1.55 bits per heavy atom. The van der Waals surface area contributed by atoms with Gasteiger partial charge in [0.2, 0.25) is 5.91 Å². The summed E-state index contributed by atoms with van der Waals surface area (Å²) in [4.78, 5) is 26.5. The van der Waals surface area contributed by atoms with E-state index < -0.39 is 105 Å². The second-order valence-corrected chi connectivity index (χ2v) is 13.3. The number of sulfone groups is 1. The molecule has 0 bridgehead atoms. The predicted molar refractivity (Wildman–Crippen MR) is 131 cm³/mol. The quantitative estimate of drug-likeness (QED) is 0.334. The van der Waals surface area contributed by atoms with Gasteiger partial charge in [-0.25, -0.2) is 17.2 Å². The number of amides is 2. The summed E-state index contributed by atoms with van der Waals surface area (Å²) in [6.07, 6.45) is -15.4. The summed E-state index contributed by atoms with van der Waals surface area (Å²) in [7, 11) is -3.80. The van der Waals surface area contributed by atoms with E-state index >= 15 is 0 Å². The van der Waals surface area contributed by atoms with Gasteiger partial charge in [0.15, 0.2) is 9.84 Å². The summed E-state index contributed by atoms with van der Waals surface area (Å²) >= 11 is 0. The number of carbonyl (C=O) groups is 2. The van der Waals surface area contributed by atoms with E-state index in [0.29, 0.717) is 17.0 Å². The van der Waals surface area contributed by atoms with Gasteiger partial charge in [0.05, 0.1) is 17.4 Å². The zero-order valence-corrected chi connectivity index (χ0v) is 23.3. The average molecular weight is 661 g/mol. The van der Waals surface area contributed by atoms with Gasteiger partial charge in [0.25, 0.3) is 5.91 Å². The van der Waals surface area contributed by atoms with Crippen molar-refractivity contribution in [3.8, 4) is 0 Å². The fourth-order valence-electron chi connectivity index (χ4n) is 6.63. The number of nitrogens with zero attached hydrogens (tertiary/aromatic N) is 2. The number of rotatable bonds is 4. The molecule has 5 rings (SSSR count). The Kier molecular flexibility index (Phi) is 7.15. The third kappa shape index (κ3) is 4.31. The number of hydrogen-bond acceptors (Lipinski definition) is 4. The van der Waals surface area contributed by atoms with Gasteiger partial charge in [-0.1, -0.05) is 18.2 Å². The highest BCUT2D eigenvalue weighted by Crippen LogP contribution is 2.57. The van der Waals surface area contributed by atoms with Crippen LogP contribution in [0.4, 0.5) is 43.9 Å². The molecule has 3 atom stereocenters. The lowest BCUT2D eigenvalue weighted by atomic mass is 9.76. The van der Waals surface area contributed by atoms with Crippen molar-refractivity contribution < 1.29 is 61.9 Å². The Bertz CT molecular complexity index is 1610. The molecule has 44 heavy (non-hydrogen) atoms. The third-order valence-corrected chi connectivity index (χ3v) is 11.3. The second kappa shape index (κ2) is 9.81. The molecule has 240 valence electrons. The Morgan fingerprint density at radius 1 is 0.955 bits per heavy atom. The molecule has 0 radical (unpaired) electrons. The molecule has 2 aromatic rings. The topological polar surface area (TPSA) is 74.8 Å². The standard InChI is InChI=1S/C27H22F10N2O4S/c1-38-19(13-24(29,30)22(38)41)21(40)39-11-10-23(44(42,43)17-6-4-16(28)5-7-17)18-8-3-15(12-14(18)2-9-20(23)39)25(31,26(32,33)34)27(35,36)37/h3-8,12,19-20H,2,9-11,13H2,1H3/t19-,20+,23+/m0/s1. The van der Waals surface area contributed by atoms with Crippen molar-refractivity contribution >= 4 is 21.7 Å². The number of fused-ring (bicyclic) bond motifs is 3. The Labute approximate surface area is 243 Å². The van der Waals surface area contributed by atoms with E-state index in [0.717, 1.165) is 36.2 Å². The summed E-state index contributed by atoms with van der Waals surface area (Å²) in [5.41, 5.74) is -8.31. The first-order chi connectivity index (χ1) is 20.1. The average Bonchev–Trinajstić information content (AvgIpc) is 3.43. The van der Waals surface area contributed by atoms with E-state index in [4.69, 9.17) is 0 Å². The first kappa shape index (κ1) is 32.0. The van der Waals surface area contributed by atoms with Crippen LogP contribution in [0.25, 0.3) is 0 Å². The van der Waals surface area contributed by atoms with Gasteiger partial charge in [0.1, 0.15) is 16.6 Å². The molecule has 2 heterocycles. The van der Waals surface area contributed by atoms with E-state index in [-0.39, 0.29) is 23.6 Å². The summed E-state index contributed by atoms with van der Waals surface area (Å²) in [6, 6.07) is 1.40. The molecular formula is C27H22F10N2O4S. The lowest BCUT2D eigenvalue weighted by Crippen LogP contribution is -2.55. The minimum absolute atomic E-state index is 0.179. The van der Waals surface area contributed by atoms with Crippen LogP contribution >= 0.6 is 0 Å². The lowest BCUT2D eigenvalue weighted by molar-refractivity contribution is -0.348. The molecule has 2 aromatic carbocycles. The van der Waals surface area contributed by atoms with Crippen LogP contribution in [0.5, 0.6) is 0 Å². The molecule has 1 aliphatic carbocycles. The molecular weight excluding hydrogens is 638 g/mol. The number of aryl methyl sites for hydroxylation is 1. The number of likely N-dealkylation sites (N-methyl/N-ethyl adjacent to an activating group) is 1. The molecule has 2 aliphatic heterocycles. The van der Waals surface area contributed by atoms with Crippen molar-refractivity contribution in [3.05, 3.63) is 65.0 Å². The maximum Gasteiger partial charge on any atom is 0.435 e. The van der Waals surface area contributed by atoms with Crippen molar-refractivity contribution in [1.82, 2.24) is 9.80 Å². The van der Waals surface area contributed by atoms with Gasteiger partial charge in [0, 0.05) is 19.2 Å². The Hall–Kier alpha value is -3.37. The van der Waals surface area contributed by atoms with Crippen LogP contribution in [0, 0.1) is 5.82 Å². The number of likely N-dealkylation sites (tertiary alicyclic amines) is 2. The Balaban J connectivity index is 1.68. The minimum atomic E-state index is -6.43. The largest absolute Gasteiger partial charge is 0.435 e. The van der Waals surface area contributed by atoms with Gasteiger partial charge >= 0.3 is 23.9 Å². The molecule has 6 nitrogen and oxygen atoms in total. The SMILES string of the molecule is CN1C(=O)C(F)(F)C[C@H]1C(=O)N1CC[C@@]2(S(=O)(=O)c3ccc(F)cc3)c3ccc(C(F)(C(F)(F)F)C(F)(F)F)cc3CC[C@@H]12. The van der Waals surface area contributed by atoms with Gasteiger partial charge < -0.3 is 9.80 Å². The fraction of sp³-hybridized carbons (Fsp3) is 0.481. The molecule has 17 heteroatoms. The minimum Gasteiger partial charge on any atom is -0.336 e. The molecule has 0 N–H and O–H groups in total. The number of alkyl halides is 9. The van der Waals surface area contributed by atoms with Crippen molar-refractivity contribution in [2.45, 2.75) is 71.4 Å². The van der Waals surface area contributed by atoms with Gasteiger partial charge in [-0.15, -0.1) is 0 Å². The highest BCUT2D eigenvalue weighted by Gasteiger charge is 2.74. The molecule has 2 saturated heterocycles. The number of halogens is 10. The first-order valence-electron chi connectivity index (χ1n) is 13.0. The molecule has 0 spiro atoms. The number of benzene rings is 2. The van der Waals surface area contributed by atoms with E-state index in [1.807, 2.05) is 0 Å². The zero-order valence-electron chi connectivity index (χ0n) is 22.4. The van der Waals surface area contributed by atoms with Crippen LogP contribution in [0.1, 0.15) is 36.0 Å². The summed E-state index contributed by atoms with van der Waals surface area (Å²) in [5.74, 6) is -7.37. The predicted octanol–water partition coefficient (Wildman–Crippen LogP) is 5.20. The fourth-order valence-corrected chi connectivity index (χ4v) is 9.00. The highest BCUT2D eigenvalue weighted by atomic mass is 32.2. The van der Waals surface area contributed by atoms with Crippen LogP contribution in [-0.4, -0.2) is 74.0 Å². The summed E-state index contributed by atoms with van der Waals surface area (Å²) in [5, 5.41) is 0. The number of hydrogen-bond donors (Lipinski definition) is 0. The smallest absolute Gasteiger partial charge is 0.336 e. The van der Waals surface area contributed by atoms with Gasteiger partial charge in [-0.05, 0) is 54.7 Å². The van der Waals surface area contributed by atoms with Gasteiger partial charge in [-0.2, -0.15) is 35.1 Å². The van der Waals surface area contributed by atoms with Gasteiger partial charge in [-0.3, -0.25) is 9.59 Å². The third-order valence-electron chi connectivity index (χ3n) is 8.79. The van der Waals surface area contributed by atoms with E-state index in [9.17, 15) is 61.9 Å². The first-order valence-corrected chi connectivity index (χ1v) is 14.5. The van der Waals surface area contributed by atoms with Crippen molar-refractivity contribution in [1.29, 1.82) is 0 Å². The van der Waals surface area contributed by atoms with Crippen molar-refractivity contribution in [2.24, 2.45) is 0 Å². The van der Waals surface area contributed by atoms with Crippen molar-refractivity contribution in [2.75, 3.05) is 13.6 Å². The zero-order chi connectivity index (χ0) is 32.8. The van der Waals surface area contributed by atoms with Crippen molar-refractivity contribution in [3.63, 3.8) is 0 Å². The summed E-state index contributed by atoms with van der Waals surface area (Å²) < 4.78 is 164. The Morgan fingerprint density at radius 3 is 2.07 bits per heavy atom. The van der Waals surface area contributed by atoms with E-state index in [1.165, 1.54) is 0 Å². The molecule has 2 fully saturated rings. The normalized spacial score (nSPS) is 25.7. The van der Waals surface area contributed by atoms with Crippen LogP contribution in [0.3, 0.4) is 0 Å². The van der Waals surface area contributed by atoms with Crippen LogP contribution in [0.15, 0.2) is 47.4 Å². The van der Waals surface area contributed by atoms with E-state index in [1.54, 1.807) is 0 Å². The molecule has 3 aliphatic rings. The lowest BCUT2D eigenvalue weighted by Gasteiger charge is -2.43. The molecule has 0 saturated carbocycles. The highest BCUT2D eigenvalue weighted by molar-refractivity contribution is 7.92. The molecule has 0 aromatic heterocycles. The maximum atomic E-state index is 14.9. The molecule has 0 unspecified atom stereocenters. The van der Waals surface area contributed by atoms with Crippen LogP contribution < -0.4 is 0 Å². The summed E-state index contributed by atoms with van der Waals surface area (Å²) in [6.45, 7) is -0.409. The monoisotopic (exact) mass is 660 g/mol. The van der Waals surface area contributed by atoms with Crippen LogP contribution in [0.2, 0.25) is 0 Å². The second-order valence-electron chi connectivity index (χ2n) is 11.0. The van der Waals surface area contributed by atoms with Crippen LogP contribution in [-0.2, 0) is 36.3 Å². The van der Waals surface area contributed by atoms with E-state index in [2.05, 4.69) is 0 Å².